The van der Waals surface area contributed by atoms with Crippen molar-refractivity contribution in [1.29, 1.82) is 0 Å². The van der Waals surface area contributed by atoms with Crippen LogP contribution in [0.25, 0.3) is 16.9 Å². The summed E-state index contributed by atoms with van der Waals surface area (Å²) in [4.78, 5) is 4.83. The Morgan fingerprint density at radius 2 is 2.00 bits per heavy atom. The molecule has 0 spiro atoms. The number of methoxy groups -OCH3 is 1. The van der Waals surface area contributed by atoms with Crippen molar-refractivity contribution >= 4 is 5.65 Å². The first kappa shape index (κ1) is 14.6. The highest BCUT2D eigenvalue weighted by Crippen LogP contribution is 2.35. The van der Waals surface area contributed by atoms with Crippen molar-refractivity contribution in [1.82, 2.24) is 9.38 Å². The molecule has 1 aromatic carbocycles. The van der Waals surface area contributed by atoms with Gasteiger partial charge in [0, 0.05) is 24.2 Å². The largest absolute Gasteiger partial charge is 0.496 e. The van der Waals surface area contributed by atoms with Gasteiger partial charge in [0.15, 0.2) is 0 Å². The number of rotatable bonds is 4. The van der Waals surface area contributed by atoms with E-state index in [1.807, 2.05) is 30.3 Å². The van der Waals surface area contributed by atoms with E-state index in [0.717, 1.165) is 28.3 Å². The molecule has 0 saturated carbocycles. The third-order valence-corrected chi connectivity index (χ3v) is 3.99. The number of pyridine rings is 1. The van der Waals surface area contributed by atoms with Gasteiger partial charge in [0.1, 0.15) is 11.4 Å². The van der Waals surface area contributed by atoms with Crippen molar-refractivity contribution in [2.45, 2.75) is 19.8 Å². The molecular weight excluding hydrogens is 274 g/mol. The zero-order valence-corrected chi connectivity index (χ0v) is 13.2. The van der Waals surface area contributed by atoms with Crippen LogP contribution in [0.2, 0.25) is 0 Å². The van der Waals surface area contributed by atoms with E-state index in [1.54, 1.807) is 7.11 Å². The lowest BCUT2D eigenvalue weighted by Crippen LogP contribution is -2.12. The topological polar surface area (TPSA) is 52.5 Å². The summed E-state index contributed by atoms with van der Waals surface area (Å²) in [5.41, 5.74) is 11.1. The average molecular weight is 295 g/mol. The molecular formula is C18H21N3O. The summed E-state index contributed by atoms with van der Waals surface area (Å²) in [7, 11) is 1.69. The molecule has 2 N–H and O–H groups in total. The molecule has 0 aliphatic heterocycles. The maximum Gasteiger partial charge on any atom is 0.137 e. The van der Waals surface area contributed by atoms with Gasteiger partial charge in [0.25, 0.3) is 0 Å². The summed E-state index contributed by atoms with van der Waals surface area (Å²) in [6.45, 7) is 4.79. The van der Waals surface area contributed by atoms with Gasteiger partial charge in [-0.05, 0) is 30.7 Å². The normalized spacial score (nSPS) is 12.5. The molecule has 1 atom stereocenters. The number of aryl methyl sites for hydroxylation is 1. The number of para-hydroxylation sites is 1. The highest BCUT2D eigenvalue weighted by Gasteiger charge is 2.20. The van der Waals surface area contributed by atoms with Gasteiger partial charge in [-0.3, -0.25) is 0 Å². The SMILES string of the molecule is COc1ccccc1-c1nc2ccc(C)cn2c1C(C)CN. The molecule has 2 aromatic heterocycles. The second-order valence-corrected chi connectivity index (χ2v) is 5.62. The zero-order chi connectivity index (χ0) is 15.7. The molecule has 1 unspecified atom stereocenters. The fourth-order valence-electron chi connectivity index (χ4n) is 2.79. The van der Waals surface area contributed by atoms with Crippen LogP contribution in [0.1, 0.15) is 24.1 Å². The van der Waals surface area contributed by atoms with Crippen LogP contribution in [0.5, 0.6) is 5.75 Å². The fourth-order valence-corrected chi connectivity index (χ4v) is 2.79. The summed E-state index contributed by atoms with van der Waals surface area (Å²) in [5.74, 6) is 1.03. The molecule has 0 aliphatic carbocycles. The molecule has 2 heterocycles. The minimum Gasteiger partial charge on any atom is -0.496 e. The van der Waals surface area contributed by atoms with E-state index < -0.39 is 0 Å². The van der Waals surface area contributed by atoms with Gasteiger partial charge < -0.3 is 14.9 Å². The van der Waals surface area contributed by atoms with Crippen LogP contribution in [-0.2, 0) is 0 Å². The molecule has 4 nitrogen and oxygen atoms in total. The minimum atomic E-state index is 0.205. The molecule has 22 heavy (non-hydrogen) atoms. The van der Waals surface area contributed by atoms with Crippen molar-refractivity contribution < 1.29 is 4.74 Å². The Bertz CT molecular complexity index is 807. The van der Waals surface area contributed by atoms with Crippen LogP contribution in [0.4, 0.5) is 0 Å². The molecule has 114 valence electrons. The van der Waals surface area contributed by atoms with Crippen molar-refractivity contribution in [3.05, 3.63) is 53.9 Å². The van der Waals surface area contributed by atoms with Crippen LogP contribution in [0, 0.1) is 6.92 Å². The molecule has 3 rings (SSSR count). The first-order valence-corrected chi connectivity index (χ1v) is 7.47. The van der Waals surface area contributed by atoms with Gasteiger partial charge in [-0.15, -0.1) is 0 Å². The molecule has 0 bridgehead atoms. The predicted molar refractivity (Wildman–Crippen MR) is 89.4 cm³/mol. The lowest BCUT2D eigenvalue weighted by atomic mass is 10.0. The van der Waals surface area contributed by atoms with E-state index in [9.17, 15) is 0 Å². The van der Waals surface area contributed by atoms with Gasteiger partial charge >= 0.3 is 0 Å². The number of benzene rings is 1. The Morgan fingerprint density at radius 3 is 2.73 bits per heavy atom. The number of aromatic nitrogens is 2. The van der Waals surface area contributed by atoms with E-state index in [2.05, 4.69) is 30.5 Å². The Morgan fingerprint density at radius 1 is 1.23 bits per heavy atom. The summed E-state index contributed by atoms with van der Waals surface area (Å²) in [5, 5.41) is 0. The fraction of sp³-hybridized carbons (Fsp3) is 0.278. The first-order chi connectivity index (χ1) is 10.7. The third-order valence-electron chi connectivity index (χ3n) is 3.99. The van der Waals surface area contributed by atoms with Gasteiger partial charge in [0.2, 0.25) is 0 Å². The van der Waals surface area contributed by atoms with Crippen molar-refractivity contribution in [2.75, 3.05) is 13.7 Å². The standard InChI is InChI=1S/C18H21N3O/c1-12-8-9-16-20-17(14-6-4-5-7-15(14)22-3)18(13(2)10-19)21(16)11-12/h4-9,11,13H,10,19H2,1-3H3. The van der Waals surface area contributed by atoms with E-state index in [-0.39, 0.29) is 5.92 Å². The van der Waals surface area contributed by atoms with Crippen LogP contribution in [-0.4, -0.2) is 23.0 Å². The molecule has 3 aromatic rings. The molecule has 0 saturated heterocycles. The molecule has 0 fully saturated rings. The Kier molecular flexibility index (Phi) is 3.86. The number of ether oxygens (including phenoxy) is 1. The summed E-state index contributed by atoms with van der Waals surface area (Å²) in [6, 6.07) is 12.1. The summed E-state index contributed by atoms with van der Waals surface area (Å²) in [6.07, 6.45) is 2.11. The number of nitrogens with two attached hydrogens (primary N) is 1. The van der Waals surface area contributed by atoms with Crippen LogP contribution >= 0.6 is 0 Å². The smallest absolute Gasteiger partial charge is 0.137 e. The van der Waals surface area contributed by atoms with E-state index in [4.69, 9.17) is 15.5 Å². The van der Waals surface area contributed by atoms with E-state index in [1.165, 1.54) is 5.56 Å². The van der Waals surface area contributed by atoms with Gasteiger partial charge in [0.05, 0.1) is 18.5 Å². The minimum absolute atomic E-state index is 0.205. The highest BCUT2D eigenvalue weighted by atomic mass is 16.5. The first-order valence-electron chi connectivity index (χ1n) is 7.47. The summed E-state index contributed by atoms with van der Waals surface area (Å²) >= 11 is 0. The maximum absolute atomic E-state index is 5.94. The monoisotopic (exact) mass is 295 g/mol. The average Bonchev–Trinajstić information content (AvgIpc) is 2.92. The lowest BCUT2D eigenvalue weighted by Gasteiger charge is -2.13. The number of hydrogen-bond acceptors (Lipinski definition) is 3. The van der Waals surface area contributed by atoms with E-state index in [0.29, 0.717) is 6.54 Å². The third kappa shape index (κ3) is 2.35. The second kappa shape index (κ2) is 5.81. The quantitative estimate of drug-likeness (QED) is 0.802. The second-order valence-electron chi connectivity index (χ2n) is 5.62. The highest BCUT2D eigenvalue weighted by molar-refractivity contribution is 5.73. The zero-order valence-electron chi connectivity index (χ0n) is 13.2. The summed E-state index contributed by atoms with van der Waals surface area (Å²) < 4.78 is 7.65. The van der Waals surface area contributed by atoms with E-state index >= 15 is 0 Å². The van der Waals surface area contributed by atoms with Crippen LogP contribution in [0.3, 0.4) is 0 Å². The van der Waals surface area contributed by atoms with Gasteiger partial charge in [-0.1, -0.05) is 25.1 Å². The van der Waals surface area contributed by atoms with Crippen molar-refractivity contribution in [2.24, 2.45) is 5.73 Å². The molecule has 0 amide bonds. The van der Waals surface area contributed by atoms with Gasteiger partial charge in [-0.25, -0.2) is 4.98 Å². The Hall–Kier alpha value is -2.33. The van der Waals surface area contributed by atoms with Crippen LogP contribution in [0.15, 0.2) is 42.6 Å². The Balaban J connectivity index is 2.33. The van der Waals surface area contributed by atoms with Crippen LogP contribution < -0.4 is 10.5 Å². The van der Waals surface area contributed by atoms with Crippen molar-refractivity contribution in [3.8, 4) is 17.0 Å². The number of hydrogen-bond donors (Lipinski definition) is 1. The number of nitrogens with zero attached hydrogens (tertiary/aromatic N) is 2. The van der Waals surface area contributed by atoms with Crippen molar-refractivity contribution in [3.63, 3.8) is 0 Å². The Labute approximate surface area is 130 Å². The maximum atomic E-state index is 5.94. The molecule has 4 heteroatoms. The number of imidazole rings is 1. The van der Waals surface area contributed by atoms with Gasteiger partial charge in [-0.2, -0.15) is 0 Å². The number of fused-ring (bicyclic) bond motifs is 1. The molecule has 0 radical (unpaired) electrons. The lowest BCUT2D eigenvalue weighted by molar-refractivity contribution is 0.416. The molecule has 0 aliphatic rings. The predicted octanol–water partition coefficient (Wildman–Crippen LogP) is 3.38.